The fourth-order valence-electron chi connectivity index (χ4n) is 9.78. The second-order valence-corrected chi connectivity index (χ2v) is 16.1. The predicted molar refractivity (Wildman–Crippen MR) is 220 cm³/mol. The van der Waals surface area contributed by atoms with Crippen LogP contribution in [0.4, 0.5) is 0 Å². The monoisotopic (exact) mass is 693 g/mol. The number of pyridine rings is 1. The molecule has 0 saturated heterocycles. The van der Waals surface area contributed by atoms with Gasteiger partial charge in [-0.1, -0.05) is 183 Å². The van der Waals surface area contributed by atoms with E-state index in [1.165, 1.54) is 82.1 Å². The molecule has 1 aromatic heterocycles. The normalized spacial score (nSPS) is 14.8. The summed E-state index contributed by atoms with van der Waals surface area (Å²) < 4.78 is 0. The Morgan fingerprint density at radius 3 is 1.66 bits per heavy atom. The van der Waals surface area contributed by atoms with Crippen molar-refractivity contribution in [3.8, 4) is 55.9 Å². The number of hydrogen-bond donors (Lipinski definition) is 0. The molecule has 0 amide bonds. The molecule has 0 fully saturated rings. The van der Waals surface area contributed by atoms with E-state index in [9.17, 15) is 0 Å². The first kappa shape index (κ1) is 30.6. The Balaban J connectivity index is 1.16. The average Bonchev–Trinajstić information content (AvgIpc) is 3.64. The topological polar surface area (TPSA) is 12.9 Å². The van der Waals surface area contributed by atoms with Crippen LogP contribution in [0.15, 0.2) is 186 Å². The molecule has 8 aromatic rings. The highest BCUT2D eigenvalue weighted by Crippen LogP contribution is 2.65. The quantitative estimate of drug-likeness (QED) is 0.183. The fraction of sp³-hybridized carbons (Fsp3) is 0.0784. The van der Waals surface area contributed by atoms with Gasteiger partial charge in [-0.2, -0.15) is 0 Å². The Labute approximate surface area is 315 Å². The lowest BCUT2D eigenvalue weighted by Crippen LogP contribution is -2.33. The number of hydrogen-bond acceptors (Lipinski definition) is 2. The maximum atomic E-state index is 5.43. The summed E-state index contributed by atoms with van der Waals surface area (Å²) in [4.78, 5) is 8.14. The van der Waals surface area contributed by atoms with Crippen LogP contribution in [0.3, 0.4) is 0 Å². The molecule has 11 rings (SSSR count). The molecule has 3 aliphatic rings. The first-order valence-corrected chi connectivity index (χ1v) is 19.3. The molecule has 0 N–H and O–H groups in total. The molecule has 2 heterocycles. The average molecular weight is 694 g/mol. The highest BCUT2D eigenvalue weighted by Gasteiger charge is 2.52. The van der Waals surface area contributed by atoms with Gasteiger partial charge in [0, 0.05) is 26.3 Å². The van der Waals surface area contributed by atoms with Crippen molar-refractivity contribution in [2.45, 2.75) is 34.5 Å². The largest absolute Gasteiger partial charge is 0.248 e. The van der Waals surface area contributed by atoms with Gasteiger partial charge in [-0.05, 0) is 85.0 Å². The molecule has 0 radical (unpaired) electrons. The first-order chi connectivity index (χ1) is 26.0. The summed E-state index contributed by atoms with van der Waals surface area (Å²) in [5, 5.41) is 0. The third-order valence-electron chi connectivity index (χ3n) is 11.9. The van der Waals surface area contributed by atoms with Gasteiger partial charge in [0.1, 0.15) is 0 Å². The zero-order valence-corrected chi connectivity index (χ0v) is 30.4. The van der Waals surface area contributed by atoms with Crippen LogP contribution in [0.1, 0.15) is 47.2 Å². The van der Waals surface area contributed by atoms with Crippen molar-refractivity contribution in [2.24, 2.45) is 0 Å². The van der Waals surface area contributed by atoms with E-state index in [4.69, 9.17) is 4.98 Å². The number of rotatable bonds is 3. The minimum absolute atomic E-state index is 0.290. The van der Waals surface area contributed by atoms with Crippen molar-refractivity contribution >= 4 is 11.8 Å². The molecule has 0 unspecified atom stereocenters. The number of aromatic nitrogens is 1. The van der Waals surface area contributed by atoms with Gasteiger partial charge < -0.3 is 0 Å². The molecule has 1 aliphatic heterocycles. The van der Waals surface area contributed by atoms with Crippen LogP contribution >= 0.6 is 11.8 Å². The minimum atomic E-state index is -0.400. The summed E-state index contributed by atoms with van der Waals surface area (Å²) in [6.07, 6.45) is 0. The molecule has 2 heteroatoms. The first-order valence-electron chi connectivity index (χ1n) is 18.5. The van der Waals surface area contributed by atoms with Crippen LogP contribution < -0.4 is 0 Å². The molecule has 0 atom stereocenters. The highest BCUT2D eigenvalue weighted by molar-refractivity contribution is 7.99. The summed E-state index contributed by atoms with van der Waals surface area (Å²) in [6.45, 7) is 4.87. The Kier molecular flexibility index (Phi) is 6.52. The Hall–Kier alpha value is -5.96. The second kappa shape index (κ2) is 11.3. The molecule has 250 valence electrons. The van der Waals surface area contributed by atoms with Gasteiger partial charge in [0.05, 0.1) is 16.8 Å². The minimum Gasteiger partial charge on any atom is -0.248 e. The van der Waals surface area contributed by atoms with E-state index in [1.54, 1.807) is 0 Å². The summed E-state index contributed by atoms with van der Waals surface area (Å²) >= 11 is 1.96. The Morgan fingerprint density at radius 2 is 0.943 bits per heavy atom. The van der Waals surface area contributed by atoms with E-state index in [0.29, 0.717) is 0 Å². The van der Waals surface area contributed by atoms with Crippen molar-refractivity contribution in [2.75, 3.05) is 0 Å². The lowest BCUT2D eigenvalue weighted by atomic mass is 9.66. The zero-order chi connectivity index (χ0) is 35.3. The van der Waals surface area contributed by atoms with Gasteiger partial charge in [-0.25, -0.2) is 4.98 Å². The van der Waals surface area contributed by atoms with E-state index in [0.717, 1.165) is 17.0 Å². The second-order valence-electron chi connectivity index (χ2n) is 15.0. The zero-order valence-electron chi connectivity index (χ0n) is 29.6. The third-order valence-corrected chi connectivity index (χ3v) is 13.1. The molecular formula is C51H35NS. The van der Waals surface area contributed by atoms with Crippen molar-refractivity contribution in [3.05, 3.63) is 209 Å². The van der Waals surface area contributed by atoms with Crippen LogP contribution in [-0.2, 0) is 10.8 Å². The van der Waals surface area contributed by atoms with E-state index in [2.05, 4.69) is 190 Å². The fourth-order valence-corrected chi connectivity index (χ4v) is 11.3. The Morgan fingerprint density at radius 1 is 0.396 bits per heavy atom. The summed E-state index contributed by atoms with van der Waals surface area (Å²) in [5.41, 5.74) is 19.5. The van der Waals surface area contributed by atoms with E-state index >= 15 is 0 Å². The third kappa shape index (κ3) is 4.19. The molecule has 1 nitrogen and oxygen atoms in total. The summed E-state index contributed by atoms with van der Waals surface area (Å²) in [7, 11) is 0. The lowest BCUT2D eigenvalue weighted by Gasteiger charge is -2.41. The lowest BCUT2D eigenvalue weighted by molar-refractivity contribution is 0.633. The van der Waals surface area contributed by atoms with Crippen LogP contribution in [0.25, 0.3) is 55.9 Å². The molecular weight excluding hydrogens is 659 g/mol. The van der Waals surface area contributed by atoms with Gasteiger partial charge in [0.25, 0.3) is 0 Å². The Bertz CT molecular complexity index is 2670. The number of fused-ring (bicyclic) bond motifs is 13. The highest BCUT2D eigenvalue weighted by atomic mass is 32.2. The standard InChI is InChI=1S/C51H35NS/c1-50(2)47-37(22-15-23-39(47)45-31-34(32-16-5-3-6-17-32)30-44(52-45)33-18-7-4-8-19-33)38-28-29-43-49(48(38)50)53-46-27-14-13-26-42(46)51(43)40-24-11-9-20-35(40)36-21-10-12-25-41(36)51/h3-31H,1-2H3. The number of benzene rings is 7. The van der Waals surface area contributed by atoms with Crippen molar-refractivity contribution in [1.82, 2.24) is 4.98 Å². The van der Waals surface area contributed by atoms with Crippen LogP contribution in [0, 0.1) is 0 Å². The molecule has 1 spiro atoms. The van der Waals surface area contributed by atoms with Gasteiger partial charge in [0.15, 0.2) is 0 Å². The van der Waals surface area contributed by atoms with Gasteiger partial charge in [0.2, 0.25) is 0 Å². The number of nitrogens with zero attached hydrogens (tertiary/aromatic N) is 1. The van der Waals surface area contributed by atoms with Crippen LogP contribution in [0.2, 0.25) is 0 Å². The van der Waals surface area contributed by atoms with Gasteiger partial charge >= 0.3 is 0 Å². The van der Waals surface area contributed by atoms with Crippen LogP contribution in [0.5, 0.6) is 0 Å². The van der Waals surface area contributed by atoms with E-state index in [-0.39, 0.29) is 5.41 Å². The summed E-state index contributed by atoms with van der Waals surface area (Å²) in [5.74, 6) is 0. The van der Waals surface area contributed by atoms with Crippen molar-refractivity contribution in [3.63, 3.8) is 0 Å². The maximum absolute atomic E-state index is 5.43. The molecule has 2 aliphatic carbocycles. The maximum Gasteiger partial charge on any atom is 0.0735 e. The SMILES string of the molecule is CC1(C)c2c(-c3cc(-c4ccccc4)cc(-c4ccccc4)n3)cccc2-c2ccc3c(c21)Sc1ccccc1C31c2ccccc2-c2ccccc21. The van der Waals surface area contributed by atoms with Gasteiger partial charge in [-0.3, -0.25) is 0 Å². The molecule has 0 saturated carbocycles. The van der Waals surface area contributed by atoms with Crippen LogP contribution in [-0.4, -0.2) is 4.98 Å². The summed E-state index contributed by atoms with van der Waals surface area (Å²) in [6, 6.07) is 64.8. The molecule has 53 heavy (non-hydrogen) atoms. The van der Waals surface area contributed by atoms with Gasteiger partial charge in [-0.15, -0.1) is 0 Å². The molecule has 7 aromatic carbocycles. The smallest absolute Gasteiger partial charge is 0.0735 e. The van der Waals surface area contributed by atoms with E-state index < -0.39 is 5.41 Å². The predicted octanol–water partition coefficient (Wildman–Crippen LogP) is 13.2. The molecule has 0 bridgehead atoms. The van der Waals surface area contributed by atoms with Crippen molar-refractivity contribution in [1.29, 1.82) is 0 Å². The van der Waals surface area contributed by atoms with Crippen molar-refractivity contribution < 1.29 is 0 Å². The van der Waals surface area contributed by atoms with E-state index in [1.807, 2.05) is 11.8 Å².